The molecule has 0 saturated carbocycles. The number of alkyl halides is 2. The number of carbonyl (C=O) groups is 2. The summed E-state index contributed by atoms with van der Waals surface area (Å²) in [6.07, 6.45) is 1.56. The van der Waals surface area contributed by atoms with Gasteiger partial charge < -0.3 is 15.7 Å². The molecule has 2 aromatic rings. The molecule has 1 aromatic heterocycles. The van der Waals surface area contributed by atoms with E-state index in [1.165, 1.54) is 35.3 Å². The first-order valence-electron chi connectivity index (χ1n) is 10.5. The van der Waals surface area contributed by atoms with E-state index in [1.54, 1.807) is 17.6 Å². The minimum atomic E-state index is -3.24. The molecule has 0 spiro atoms. The molecule has 0 aliphatic carbocycles. The van der Waals surface area contributed by atoms with Gasteiger partial charge in [-0.2, -0.15) is 0 Å². The number of fused-ring (bicyclic) bond motifs is 1. The quantitative estimate of drug-likeness (QED) is 0.592. The Morgan fingerprint density at radius 2 is 2.18 bits per heavy atom. The van der Waals surface area contributed by atoms with Crippen molar-refractivity contribution in [2.45, 2.75) is 24.9 Å². The number of amides is 1. The highest BCUT2D eigenvalue weighted by Gasteiger charge is 2.60. The van der Waals surface area contributed by atoms with Crippen molar-refractivity contribution in [3.63, 3.8) is 0 Å². The molecule has 4 heterocycles. The van der Waals surface area contributed by atoms with E-state index in [1.807, 2.05) is 0 Å². The molecule has 34 heavy (non-hydrogen) atoms. The summed E-state index contributed by atoms with van der Waals surface area (Å²) >= 11 is 1.27. The van der Waals surface area contributed by atoms with E-state index >= 15 is 0 Å². The van der Waals surface area contributed by atoms with Gasteiger partial charge in [-0.05, 0) is 24.1 Å². The molecule has 0 radical (unpaired) electrons. The molecule has 0 unspecified atom stereocenters. The van der Waals surface area contributed by atoms with Crippen molar-refractivity contribution in [1.82, 2.24) is 20.5 Å². The number of aromatic nitrogens is 1. The van der Waals surface area contributed by atoms with Crippen LogP contribution >= 0.6 is 11.3 Å². The number of hydrogen-bond donors (Lipinski definition) is 3. The molecular formula is C22H20F3N5O3S. The lowest BCUT2D eigenvalue weighted by molar-refractivity contribution is -0.133. The summed E-state index contributed by atoms with van der Waals surface area (Å²) in [5, 5.41) is 17.8. The fourth-order valence-corrected chi connectivity index (χ4v) is 5.44. The third-order valence-electron chi connectivity index (χ3n) is 6.45. The fourth-order valence-electron chi connectivity index (χ4n) is 4.85. The van der Waals surface area contributed by atoms with Crippen molar-refractivity contribution < 1.29 is 27.9 Å². The van der Waals surface area contributed by atoms with E-state index in [-0.39, 0.29) is 35.8 Å². The van der Waals surface area contributed by atoms with Gasteiger partial charge in [0.2, 0.25) is 5.91 Å². The number of carboxylic acids is 1. The van der Waals surface area contributed by atoms with E-state index < -0.39 is 48.2 Å². The van der Waals surface area contributed by atoms with Crippen LogP contribution in [-0.4, -0.2) is 64.3 Å². The average Bonchev–Trinajstić information content (AvgIpc) is 3.49. The van der Waals surface area contributed by atoms with Gasteiger partial charge >= 0.3 is 5.97 Å². The number of nitrogens with zero attached hydrogens (tertiary/aromatic N) is 3. The van der Waals surface area contributed by atoms with Crippen LogP contribution in [0.2, 0.25) is 0 Å². The highest BCUT2D eigenvalue weighted by molar-refractivity contribution is 7.11. The number of benzene rings is 1. The Hall–Kier alpha value is -3.25. The van der Waals surface area contributed by atoms with Crippen molar-refractivity contribution in [2.75, 3.05) is 19.6 Å². The average molecular weight is 491 g/mol. The second kappa shape index (κ2) is 8.20. The van der Waals surface area contributed by atoms with Gasteiger partial charge in [0.25, 0.3) is 5.92 Å². The van der Waals surface area contributed by atoms with Gasteiger partial charge in [-0.3, -0.25) is 14.7 Å². The normalized spacial score (nSPS) is 26.2. The maximum Gasteiger partial charge on any atom is 0.335 e. The number of likely N-dealkylation sites (tertiary alicyclic amines) is 1. The zero-order chi connectivity index (χ0) is 24.2. The molecule has 3 aliphatic rings. The van der Waals surface area contributed by atoms with Crippen molar-refractivity contribution in [3.05, 3.63) is 63.0 Å². The monoisotopic (exact) mass is 491 g/mol. The van der Waals surface area contributed by atoms with Crippen LogP contribution in [0.5, 0.6) is 0 Å². The van der Waals surface area contributed by atoms with Gasteiger partial charge in [0.1, 0.15) is 17.8 Å². The van der Waals surface area contributed by atoms with Crippen LogP contribution in [0.1, 0.15) is 22.2 Å². The molecule has 3 atom stereocenters. The Kier molecular flexibility index (Phi) is 5.44. The minimum Gasteiger partial charge on any atom is -0.478 e. The van der Waals surface area contributed by atoms with E-state index in [9.17, 15) is 27.9 Å². The molecule has 5 rings (SSSR count). The Bertz CT molecular complexity index is 1230. The third kappa shape index (κ3) is 3.66. The largest absolute Gasteiger partial charge is 0.478 e. The minimum absolute atomic E-state index is 0.0502. The lowest BCUT2D eigenvalue weighted by Crippen LogP contribution is -2.42. The smallest absolute Gasteiger partial charge is 0.335 e. The zero-order valence-corrected chi connectivity index (χ0v) is 18.7. The summed E-state index contributed by atoms with van der Waals surface area (Å²) in [4.78, 5) is 34.6. The van der Waals surface area contributed by atoms with Crippen LogP contribution in [-0.2, 0) is 9.59 Å². The molecule has 1 amide bonds. The summed E-state index contributed by atoms with van der Waals surface area (Å²) < 4.78 is 43.6. The first kappa shape index (κ1) is 22.5. The number of hydrogen-bond acceptors (Lipinski definition) is 7. The van der Waals surface area contributed by atoms with E-state index in [4.69, 9.17) is 0 Å². The molecule has 1 aromatic carbocycles. The van der Waals surface area contributed by atoms with E-state index in [2.05, 4.69) is 20.6 Å². The SMILES string of the molecule is Cc1c(F)cccc1[C@@H]1N=C(c2nccs2)NC(CN2CC(F)(F)[C@@H]3C(=O)NC[C@@H]32)=C1C(=O)O. The number of aliphatic carboxylic acids is 1. The Labute approximate surface area is 196 Å². The van der Waals surface area contributed by atoms with E-state index in [0.717, 1.165) is 0 Å². The first-order valence-corrected chi connectivity index (χ1v) is 11.4. The Morgan fingerprint density at radius 1 is 1.38 bits per heavy atom. The lowest BCUT2D eigenvalue weighted by atomic mass is 9.92. The molecule has 178 valence electrons. The lowest BCUT2D eigenvalue weighted by Gasteiger charge is -2.30. The number of nitrogens with one attached hydrogen (secondary N) is 2. The van der Waals surface area contributed by atoms with Crippen molar-refractivity contribution in [1.29, 1.82) is 0 Å². The fraction of sp³-hybridized carbons (Fsp3) is 0.364. The number of carbonyl (C=O) groups excluding carboxylic acids is 1. The topological polar surface area (TPSA) is 107 Å². The molecule has 3 N–H and O–H groups in total. The second-order valence-corrected chi connectivity index (χ2v) is 9.34. The number of aliphatic imine (C=N–C) groups is 1. The number of rotatable bonds is 5. The standard InChI is InChI=1S/C22H20F3N5O3S/c1-10-11(3-2-4-12(10)23)17-15(21(32)33)13(28-18(29-17)20-26-5-6-34-20)8-30-9-22(24,25)16-14(30)7-27-19(16)31/h2-6,14,16-17H,7-9H2,1H3,(H,27,31)(H,28,29)(H,32,33)/t14-,16-,17-/m0/s1. The third-order valence-corrected chi connectivity index (χ3v) is 7.23. The number of amidine groups is 1. The Balaban J connectivity index is 1.59. The van der Waals surface area contributed by atoms with Gasteiger partial charge in [-0.25, -0.2) is 22.9 Å². The van der Waals surface area contributed by atoms with Crippen LogP contribution in [0.4, 0.5) is 13.2 Å². The van der Waals surface area contributed by atoms with E-state index in [0.29, 0.717) is 10.6 Å². The maximum absolute atomic E-state index is 14.6. The summed E-state index contributed by atoms with van der Waals surface area (Å²) in [5.74, 6) is -6.98. The highest BCUT2D eigenvalue weighted by atomic mass is 32.1. The summed E-state index contributed by atoms with van der Waals surface area (Å²) in [6.45, 7) is 0.727. The van der Waals surface area contributed by atoms with Crippen LogP contribution < -0.4 is 10.6 Å². The predicted octanol–water partition coefficient (Wildman–Crippen LogP) is 2.09. The number of thiazole rings is 1. The molecule has 2 fully saturated rings. The molecule has 12 heteroatoms. The van der Waals surface area contributed by atoms with Gasteiger partial charge in [0, 0.05) is 36.4 Å². The summed E-state index contributed by atoms with van der Waals surface area (Å²) in [6, 6.07) is 2.48. The van der Waals surface area contributed by atoms with Crippen molar-refractivity contribution in [2.24, 2.45) is 10.9 Å². The summed E-state index contributed by atoms with van der Waals surface area (Å²) in [7, 11) is 0. The van der Waals surface area contributed by atoms with Crippen LogP contribution in [0.15, 0.2) is 46.0 Å². The van der Waals surface area contributed by atoms with Gasteiger partial charge in [0.15, 0.2) is 10.8 Å². The highest BCUT2D eigenvalue weighted by Crippen LogP contribution is 2.41. The molecule has 8 nitrogen and oxygen atoms in total. The van der Waals surface area contributed by atoms with Crippen LogP contribution in [0, 0.1) is 18.7 Å². The van der Waals surface area contributed by atoms with Crippen LogP contribution in [0.3, 0.4) is 0 Å². The van der Waals surface area contributed by atoms with Gasteiger partial charge in [-0.1, -0.05) is 12.1 Å². The summed E-state index contributed by atoms with van der Waals surface area (Å²) in [5.41, 5.74) is 0.580. The number of carboxylic acid groups (broad SMARTS) is 1. The molecule has 0 bridgehead atoms. The first-order chi connectivity index (χ1) is 16.2. The number of halogens is 3. The zero-order valence-electron chi connectivity index (χ0n) is 17.9. The Morgan fingerprint density at radius 3 is 2.88 bits per heavy atom. The van der Waals surface area contributed by atoms with Gasteiger partial charge in [0.05, 0.1) is 12.1 Å². The molecular weight excluding hydrogens is 471 g/mol. The molecule has 3 aliphatic heterocycles. The van der Waals surface area contributed by atoms with Crippen molar-refractivity contribution in [3.8, 4) is 0 Å². The molecule has 2 saturated heterocycles. The predicted molar refractivity (Wildman–Crippen MR) is 117 cm³/mol. The van der Waals surface area contributed by atoms with Crippen molar-refractivity contribution >= 4 is 29.0 Å². The van der Waals surface area contributed by atoms with Gasteiger partial charge in [-0.15, -0.1) is 11.3 Å². The maximum atomic E-state index is 14.6. The second-order valence-electron chi connectivity index (χ2n) is 8.45. The van der Waals surface area contributed by atoms with Crippen LogP contribution in [0.25, 0.3) is 0 Å².